The number of rotatable bonds is 26. The van der Waals surface area contributed by atoms with Crippen molar-refractivity contribution in [1.82, 2.24) is 20.5 Å². The predicted octanol–water partition coefficient (Wildman–Crippen LogP) is 6.20. The first-order chi connectivity index (χ1) is 20.7. The maximum Gasteiger partial charge on any atom is 0.338 e. The largest absolute Gasteiger partial charge is 0.462 e. The zero-order valence-corrected chi connectivity index (χ0v) is 27.8. The van der Waals surface area contributed by atoms with Crippen LogP contribution >= 0.6 is 0 Å². The topological polar surface area (TPSA) is 110 Å². The molecule has 9 heteroatoms. The van der Waals surface area contributed by atoms with Gasteiger partial charge in [0.2, 0.25) is 5.91 Å². The van der Waals surface area contributed by atoms with E-state index >= 15 is 0 Å². The van der Waals surface area contributed by atoms with Crippen molar-refractivity contribution < 1.29 is 23.9 Å². The average molecular weight is 605 g/mol. The van der Waals surface area contributed by atoms with E-state index in [1.54, 1.807) is 19.1 Å². The second kappa shape index (κ2) is 24.9. The Hall–Kier alpha value is -2.52. The maximum atomic E-state index is 12.6. The second-order valence-electron chi connectivity index (χ2n) is 12.1. The molecule has 43 heavy (non-hydrogen) atoms. The van der Waals surface area contributed by atoms with Gasteiger partial charge in [-0.3, -0.25) is 14.6 Å². The molecule has 2 unspecified atom stereocenters. The molecule has 0 aromatic carbocycles. The van der Waals surface area contributed by atoms with Crippen LogP contribution in [-0.4, -0.2) is 73.7 Å². The lowest BCUT2D eigenvalue weighted by Crippen LogP contribution is -2.40. The molecule has 0 aliphatic heterocycles. The van der Waals surface area contributed by atoms with Crippen molar-refractivity contribution in [2.45, 2.75) is 136 Å². The van der Waals surface area contributed by atoms with Crippen molar-refractivity contribution in [3.05, 3.63) is 29.6 Å². The molecule has 9 nitrogen and oxygen atoms in total. The van der Waals surface area contributed by atoms with Crippen LogP contribution in [0, 0.1) is 0 Å². The van der Waals surface area contributed by atoms with Gasteiger partial charge in [0.05, 0.1) is 17.8 Å². The Morgan fingerprint density at radius 2 is 1.51 bits per heavy atom. The van der Waals surface area contributed by atoms with Gasteiger partial charge in [-0.05, 0) is 59.5 Å². The third kappa shape index (κ3) is 21.8. The molecule has 0 spiro atoms. The summed E-state index contributed by atoms with van der Waals surface area (Å²) in [7, 11) is 4.01. The summed E-state index contributed by atoms with van der Waals surface area (Å²) >= 11 is 0. The lowest BCUT2D eigenvalue weighted by atomic mass is 10.0. The molecule has 0 aliphatic rings. The van der Waals surface area contributed by atoms with Gasteiger partial charge in [0.1, 0.15) is 12.7 Å². The highest BCUT2D eigenvalue weighted by Crippen LogP contribution is 2.13. The number of amides is 1. The van der Waals surface area contributed by atoms with E-state index in [2.05, 4.69) is 27.4 Å². The molecule has 1 amide bonds. The minimum atomic E-state index is -0.559. The molecule has 1 rings (SSSR count). The smallest absolute Gasteiger partial charge is 0.338 e. The van der Waals surface area contributed by atoms with Gasteiger partial charge in [-0.2, -0.15) is 0 Å². The first-order valence-corrected chi connectivity index (χ1v) is 16.7. The minimum Gasteiger partial charge on any atom is -0.462 e. The highest BCUT2D eigenvalue weighted by atomic mass is 16.6. The molecule has 0 fully saturated rings. The number of unbranched alkanes of at least 4 members (excludes halogenated alkanes) is 12. The van der Waals surface area contributed by atoms with Crippen molar-refractivity contribution in [1.29, 1.82) is 0 Å². The molecule has 1 aromatic rings. The van der Waals surface area contributed by atoms with E-state index in [4.69, 9.17) is 9.47 Å². The van der Waals surface area contributed by atoms with Crippen LogP contribution in [-0.2, 0) is 25.6 Å². The van der Waals surface area contributed by atoms with Crippen LogP contribution in [0.5, 0.6) is 0 Å². The first kappa shape index (κ1) is 38.5. The number of nitrogens with one attached hydrogen (secondary N) is 2. The van der Waals surface area contributed by atoms with Gasteiger partial charge in [-0.15, -0.1) is 0 Å². The molecule has 0 saturated carbocycles. The molecule has 2 atom stereocenters. The Morgan fingerprint density at radius 3 is 2.12 bits per heavy atom. The minimum absolute atomic E-state index is 0.0323. The van der Waals surface area contributed by atoms with Crippen molar-refractivity contribution in [2.24, 2.45) is 0 Å². The first-order valence-electron chi connectivity index (χ1n) is 16.7. The van der Waals surface area contributed by atoms with E-state index < -0.39 is 12.1 Å². The number of aromatic nitrogens is 1. The average Bonchev–Trinajstić information content (AvgIpc) is 2.97. The molecule has 1 heterocycles. The molecule has 0 aliphatic carbocycles. The summed E-state index contributed by atoms with van der Waals surface area (Å²) in [5, 5.41) is 6.03. The van der Waals surface area contributed by atoms with E-state index in [0.717, 1.165) is 32.2 Å². The lowest BCUT2D eigenvalue weighted by molar-refractivity contribution is -0.146. The summed E-state index contributed by atoms with van der Waals surface area (Å²) in [6, 6.07) is 3.31. The van der Waals surface area contributed by atoms with Crippen molar-refractivity contribution in [3.8, 4) is 0 Å². The van der Waals surface area contributed by atoms with Crippen molar-refractivity contribution in [2.75, 3.05) is 33.8 Å². The number of carbonyl (C=O) groups is 3. The zero-order chi connectivity index (χ0) is 31.7. The van der Waals surface area contributed by atoms with Crippen LogP contribution in [0.25, 0.3) is 0 Å². The Morgan fingerprint density at radius 1 is 0.907 bits per heavy atom. The van der Waals surface area contributed by atoms with Gasteiger partial charge in [0, 0.05) is 25.2 Å². The summed E-state index contributed by atoms with van der Waals surface area (Å²) < 4.78 is 10.8. The van der Waals surface area contributed by atoms with Gasteiger partial charge in [0.15, 0.2) is 0 Å². The predicted molar refractivity (Wildman–Crippen MR) is 173 cm³/mol. The molecular weight excluding hydrogens is 544 g/mol. The number of esters is 2. The van der Waals surface area contributed by atoms with Crippen LogP contribution in [0.4, 0.5) is 0 Å². The molecule has 1 aromatic heterocycles. The van der Waals surface area contributed by atoms with E-state index in [1.807, 2.05) is 21.0 Å². The molecule has 246 valence electrons. The van der Waals surface area contributed by atoms with Gasteiger partial charge in [-0.25, -0.2) is 4.79 Å². The Kier molecular flexibility index (Phi) is 22.3. The highest BCUT2D eigenvalue weighted by Gasteiger charge is 2.15. The standard InChI is InChI=1S/C34H60N4O5/c1-6-7-8-9-10-11-12-13-14-15-16-17-18-19-33(40)42-27-29(3)43-34(41)30-20-22-36-31(24-30)25-35-26-32(39)37-28(2)21-23-38(4)5/h20,22,24,28-29,35H,6-19,21,23,25-27H2,1-5H3,(H,37,39). The number of pyridine rings is 1. The molecular formula is C34H60N4O5. The van der Waals surface area contributed by atoms with Gasteiger partial charge < -0.3 is 25.0 Å². The van der Waals surface area contributed by atoms with Gasteiger partial charge in [-0.1, -0.05) is 84.0 Å². The zero-order valence-electron chi connectivity index (χ0n) is 27.8. The normalized spacial score (nSPS) is 12.6. The van der Waals surface area contributed by atoms with Crippen molar-refractivity contribution in [3.63, 3.8) is 0 Å². The summed E-state index contributed by atoms with van der Waals surface area (Å²) in [5.74, 6) is -0.838. The van der Waals surface area contributed by atoms with E-state index in [1.165, 1.54) is 70.4 Å². The SMILES string of the molecule is CCCCCCCCCCCCCCCC(=O)OCC(C)OC(=O)c1ccnc(CNCC(=O)NC(C)CCN(C)C)c1. The van der Waals surface area contributed by atoms with Crippen LogP contribution in [0.2, 0.25) is 0 Å². The number of hydrogen-bond donors (Lipinski definition) is 2. The summed E-state index contributed by atoms with van der Waals surface area (Å²) in [6.45, 7) is 7.38. The van der Waals surface area contributed by atoms with Crippen LogP contribution < -0.4 is 10.6 Å². The van der Waals surface area contributed by atoms with Crippen LogP contribution in [0.15, 0.2) is 18.3 Å². The Labute approximate surface area is 261 Å². The summed E-state index contributed by atoms with van der Waals surface area (Å²) in [6.07, 6.45) is 18.6. The molecule has 0 bridgehead atoms. The molecule has 0 saturated heterocycles. The number of ether oxygens (including phenoxy) is 2. The van der Waals surface area contributed by atoms with Crippen molar-refractivity contribution >= 4 is 17.8 Å². The van der Waals surface area contributed by atoms with E-state index in [9.17, 15) is 14.4 Å². The Bertz CT molecular complexity index is 895. The van der Waals surface area contributed by atoms with Crippen LogP contribution in [0.1, 0.15) is 133 Å². The number of carbonyl (C=O) groups excluding carboxylic acids is 3. The Balaban J connectivity index is 2.15. The second-order valence-corrected chi connectivity index (χ2v) is 12.1. The maximum absolute atomic E-state index is 12.6. The van der Waals surface area contributed by atoms with E-state index in [-0.39, 0.29) is 31.1 Å². The van der Waals surface area contributed by atoms with Gasteiger partial charge >= 0.3 is 11.9 Å². The van der Waals surface area contributed by atoms with Gasteiger partial charge in [0.25, 0.3) is 0 Å². The fourth-order valence-electron chi connectivity index (χ4n) is 4.71. The fraction of sp³-hybridized carbons (Fsp3) is 0.765. The number of nitrogens with zero attached hydrogens (tertiary/aromatic N) is 2. The van der Waals surface area contributed by atoms with Crippen LogP contribution in [0.3, 0.4) is 0 Å². The van der Waals surface area contributed by atoms with E-state index in [0.29, 0.717) is 24.2 Å². The summed E-state index contributed by atoms with van der Waals surface area (Å²) in [4.78, 5) is 43.2. The monoisotopic (exact) mass is 604 g/mol. The third-order valence-electron chi connectivity index (χ3n) is 7.33. The molecule has 0 radical (unpaired) electrons. The summed E-state index contributed by atoms with van der Waals surface area (Å²) in [5.41, 5.74) is 0.985. The fourth-order valence-corrected chi connectivity index (χ4v) is 4.71. The lowest BCUT2D eigenvalue weighted by Gasteiger charge is -2.17. The number of hydrogen-bond acceptors (Lipinski definition) is 8. The highest BCUT2D eigenvalue weighted by molar-refractivity contribution is 5.89. The quantitative estimate of drug-likeness (QED) is 0.0951. The molecule has 2 N–H and O–H groups in total. The third-order valence-corrected chi connectivity index (χ3v) is 7.33.